The summed E-state index contributed by atoms with van der Waals surface area (Å²) in [7, 11) is 0. The normalized spacial score (nSPS) is 19.8. The van der Waals surface area contributed by atoms with Gasteiger partial charge in [0, 0.05) is 10.5 Å². The lowest BCUT2D eigenvalue weighted by molar-refractivity contribution is -0.124. The molecule has 3 nitrogen and oxygen atoms in total. The molecule has 5 heteroatoms. The van der Waals surface area contributed by atoms with E-state index in [0.29, 0.717) is 0 Å². The van der Waals surface area contributed by atoms with Crippen molar-refractivity contribution in [2.24, 2.45) is 0 Å². The van der Waals surface area contributed by atoms with Gasteiger partial charge in [-0.1, -0.05) is 34.5 Å². The highest BCUT2D eigenvalue weighted by Crippen LogP contribution is 2.13. The molecular formula is C15H22BrClN2O. The van der Waals surface area contributed by atoms with E-state index in [9.17, 15) is 4.79 Å². The zero-order valence-electron chi connectivity index (χ0n) is 11.7. The smallest absolute Gasteiger partial charge is 0.237 e. The van der Waals surface area contributed by atoms with Crippen molar-refractivity contribution in [1.82, 2.24) is 10.6 Å². The number of nitrogens with one attached hydrogen (secondary N) is 2. The minimum absolute atomic E-state index is 0. The summed E-state index contributed by atoms with van der Waals surface area (Å²) in [5.74, 6) is 0.141. The molecule has 0 aliphatic carbocycles. The fourth-order valence-electron chi connectivity index (χ4n) is 2.49. The summed E-state index contributed by atoms with van der Waals surface area (Å²) < 4.78 is 1.08. The standard InChI is InChI=1S/C15H21BrN2O.ClH/c1-11(9-12-5-4-6-13(16)10-12)18-15(19)14-7-2-3-8-17-14;/h4-6,10-11,14,17H,2-3,7-9H2,1H3,(H,18,19);1H. The maximum absolute atomic E-state index is 12.1. The van der Waals surface area contributed by atoms with Crippen molar-refractivity contribution in [2.45, 2.75) is 44.7 Å². The predicted molar refractivity (Wildman–Crippen MR) is 88.3 cm³/mol. The van der Waals surface area contributed by atoms with Crippen molar-refractivity contribution < 1.29 is 4.79 Å². The summed E-state index contributed by atoms with van der Waals surface area (Å²) in [5.41, 5.74) is 1.23. The van der Waals surface area contributed by atoms with Gasteiger partial charge in [-0.05, 0) is 50.4 Å². The molecule has 0 saturated carbocycles. The average Bonchev–Trinajstić information content (AvgIpc) is 2.39. The molecule has 1 aliphatic heterocycles. The summed E-state index contributed by atoms with van der Waals surface area (Å²) in [5, 5.41) is 6.38. The number of carbonyl (C=O) groups excluding carboxylic acids is 1. The van der Waals surface area contributed by atoms with Crippen LogP contribution >= 0.6 is 28.3 Å². The molecule has 0 aromatic heterocycles. The molecule has 1 aliphatic rings. The topological polar surface area (TPSA) is 41.1 Å². The highest BCUT2D eigenvalue weighted by atomic mass is 79.9. The SMILES string of the molecule is CC(Cc1cccc(Br)c1)NC(=O)C1CCCCN1.Cl. The van der Waals surface area contributed by atoms with Crippen LogP contribution in [0.25, 0.3) is 0 Å². The minimum Gasteiger partial charge on any atom is -0.352 e. The molecule has 2 rings (SSSR count). The van der Waals surface area contributed by atoms with Crippen molar-refractivity contribution in [3.63, 3.8) is 0 Å². The van der Waals surface area contributed by atoms with Gasteiger partial charge in [-0.2, -0.15) is 0 Å². The number of rotatable bonds is 4. The van der Waals surface area contributed by atoms with Gasteiger partial charge < -0.3 is 10.6 Å². The molecule has 1 aromatic carbocycles. The molecule has 0 radical (unpaired) electrons. The van der Waals surface area contributed by atoms with E-state index in [4.69, 9.17) is 0 Å². The van der Waals surface area contributed by atoms with Gasteiger partial charge in [0.05, 0.1) is 6.04 Å². The Labute approximate surface area is 135 Å². The van der Waals surface area contributed by atoms with Crippen LogP contribution in [0, 0.1) is 0 Å². The van der Waals surface area contributed by atoms with Crippen LogP contribution in [0.5, 0.6) is 0 Å². The van der Waals surface area contributed by atoms with Crippen LogP contribution in [0.3, 0.4) is 0 Å². The number of hydrogen-bond acceptors (Lipinski definition) is 2. The molecule has 1 fully saturated rings. The molecule has 20 heavy (non-hydrogen) atoms. The minimum atomic E-state index is -0.00119. The lowest BCUT2D eigenvalue weighted by Gasteiger charge is -2.24. The summed E-state index contributed by atoms with van der Waals surface area (Å²) >= 11 is 3.47. The third kappa shape index (κ3) is 5.43. The molecule has 2 atom stereocenters. The molecule has 1 saturated heterocycles. The Bertz CT molecular complexity index is 436. The predicted octanol–water partition coefficient (Wildman–Crippen LogP) is 3.06. The fraction of sp³-hybridized carbons (Fsp3) is 0.533. The van der Waals surface area contributed by atoms with E-state index in [1.165, 1.54) is 12.0 Å². The average molecular weight is 362 g/mol. The van der Waals surface area contributed by atoms with Gasteiger partial charge in [0.15, 0.2) is 0 Å². The molecule has 1 amide bonds. The lowest BCUT2D eigenvalue weighted by atomic mass is 10.0. The second-order valence-corrected chi connectivity index (χ2v) is 6.16. The molecule has 1 aromatic rings. The first kappa shape index (κ1) is 17.5. The maximum Gasteiger partial charge on any atom is 0.237 e. The van der Waals surface area contributed by atoms with Gasteiger partial charge in [0.25, 0.3) is 0 Å². The zero-order chi connectivity index (χ0) is 13.7. The summed E-state index contributed by atoms with van der Waals surface area (Å²) in [6, 6.07) is 8.38. The quantitative estimate of drug-likeness (QED) is 0.865. The van der Waals surface area contributed by atoms with Gasteiger partial charge in [0.2, 0.25) is 5.91 Å². The van der Waals surface area contributed by atoms with Gasteiger partial charge in [-0.25, -0.2) is 0 Å². The van der Waals surface area contributed by atoms with Crippen molar-refractivity contribution in [3.8, 4) is 0 Å². The monoisotopic (exact) mass is 360 g/mol. The van der Waals surface area contributed by atoms with Crippen LogP contribution in [0.4, 0.5) is 0 Å². The fourth-order valence-corrected chi connectivity index (χ4v) is 2.93. The number of carbonyl (C=O) groups is 1. The Balaban J connectivity index is 0.00000200. The number of piperidine rings is 1. The van der Waals surface area contributed by atoms with Crippen LogP contribution < -0.4 is 10.6 Å². The van der Waals surface area contributed by atoms with Crippen LogP contribution in [0.15, 0.2) is 28.7 Å². The van der Waals surface area contributed by atoms with E-state index in [1.807, 2.05) is 12.1 Å². The van der Waals surface area contributed by atoms with Crippen LogP contribution in [-0.4, -0.2) is 24.5 Å². The summed E-state index contributed by atoms with van der Waals surface area (Å²) in [4.78, 5) is 12.1. The third-order valence-corrected chi connectivity index (χ3v) is 3.94. The Hall–Kier alpha value is -0.580. The van der Waals surface area contributed by atoms with E-state index in [2.05, 4.69) is 45.6 Å². The van der Waals surface area contributed by atoms with Gasteiger partial charge in [0.1, 0.15) is 0 Å². The Morgan fingerprint density at radius 2 is 2.30 bits per heavy atom. The second kappa shape index (κ2) is 8.65. The number of benzene rings is 1. The molecule has 0 spiro atoms. The van der Waals surface area contributed by atoms with Crippen LogP contribution in [-0.2, 0) is 11.2 Å². The number of halogens is 2. The molecular weight excluding hydrogens is 340 g/mol. The second-order valence-electron chi connectivity index (χ2n) is 5.25. The van der Waals surface area contributed by atoms with E-state index < -0.39 is 0 Å². The molecule has 2 N–H and O–H groups in total. The van der Waals surface area contributed by atoms with Gasteiger partial charge in [-0.3, -0.25) is 4.79 Å². The van der Waals surface area contributed by atoms with E-state index in [0.717, 1.165) is 30.3 Å². The molecule has 2 unspecified atom stereocenters. The first-order chi connectivity index (χ1) is 9.15. The maximum atomic E-state index is 12.1. The first-order valence-corrected chi connectivity index (χ1v) is 7.72. The first-order valence-electron chi connectivity index (χ1n) is 6.93. The van der Waals surface area contributed by atoms with E-state index in [-0.39, 0.29) is 30.4 Å². The molecule has 0 bridgehead atoms. The van der Waals surface area contributed by atoms with Crippen molar-refractivity contribution in [2.75, 3.05) is 6.54 Å². The largest absolute Gasteiger partial charge is 0.352 e. The zero-order valence-corrected chi connectivity index (χ0v) is 14.1. The molecule has 112 valence electrons. The molecule has 1 heterocycles. The number of hydrogen-bond donors (Lipinski definition) is 2. The highest BCUT2D eigenvalue weighted by molar-refractivity contribution is 9.10. The Morgan fingerprint density at radius 1 is 1.50 bits per heavy atom. The van der Waals surface area contributed by atoms with Gasteiger partial charge >= 0.3 is 0 Å². The number of amides is 1. The van der Waals surface area contributed by atoms with Crippen molar-refractivity contribution in [3.05, 3.63) is 34.3 Å². The van der Waals surface area contributed by atoms with Crippen LogP contribution in [0.1, 0.15) is 31.7 Å². The highest BCUT2D eigenvalue weighted by Gasteiger charge is 2.21. The van der Waals surface area contributed by atoms with Crippen molar-refractivity contribution >= 4 is 34.2 Å². The lowest BCUT2D eigenvalue weighted by Crippen LogP contribution is -2.49. The Morgan fingerprint density at radius 3 is 2.95 bits per heavy atom. The third-order valence-electron chi connectivity index (χ3n) is 3.45. The Kier molecular flexibility index (Phi) is 7.56. The summed E-state index contributed by atoms with van der Waals surface area (Å²) in [6.45, 7) is 3.01. The summed E-state index contributed by atoms with van der Waals surface area (Å²) in [6.07, 6.45) is 4.13. The van der Waals surface area contributed by atoms with Gasteiger partial charge in [-0.15, -0.1) is 12.4 Å². The van der Waals surface area contributed by atoms with E-state index >= 15 is 0 Å². The van der Waals surface area contributed by atoms with Crippen LogP contribution in [0.2, 0.25) is 0 Å². The van der Waals surface area contributed by atoms with Crippen molar-refractivity contribution in [1.29, 1.82) is 0 Å². The van der Waals surface area contributed by atoms with E-state index in [1.54, 1.807) is 0 Å².